The maximum Gasteiger partial charge on any atom is 0.251 e. The van der Waals surface area contributed by atoms with E-state index in [1.165, 1.54) is 0 Å². The smallest absolute Gasteiger partial charge is 0.251 e. The normalized spacial score (nSPS) is 10.8. The van der Waals surface area contributed by atoms with Crippen molar-refractivity contribution in [1.29, 1.82) is 0 Å². The predicted molar refractivity (Wildman–Crippen MR) is 112 cm³/mol. The number of hydrogen-bond donors (Lipinski definition) is 1. The first-order chi connectivity index (χ1) is 14.1. The molecule has 0 aliphatic carbocycles. The fraction of sp³-hybridized carbons (Fsp3) is 0.174. The third-order valence-corrected chi connectivity index (χ3v) is 4.86. The van der Waals surface area contributed by atoms with E-state index in [2.05, 4.69) is 19.9 Å². The lowest BCUT2D eigenvalue weighted by Crippen LogP contribution is -2.23. The van der Waals surface area contributed by atoms with Gasteiger partial charge >= 0.3 is 0 Å². The first-order valence-corrected chi connectivity index (χ1v) is 9.42. The monoisotopic (exact) mass is 386 g/mol. The number of aryl methyl sites for hydroxylation is 1. The summed E-state index contributed by atoms with van der Waals surface area (Å²) in [6, 6.07) is 19.2. The second-order valence-electron chi connectivity index (χ2n) is 6.80. The molecule has 4 rings (SSSR count). The van der Waals surface area contributed by atoms with E-state index < -0.39 is 0 Å². The average molecular weight is 386 g/mol. The maximum atomic E-state index is 12.6. The number of imidazole rings is 1. The molecular formula is C23H22N4O2. The third kappa shape index (κ3) is 4.11. The molecule has 146 valence electrons. The van der Waals surface area contributed by atoms with Crippen LogP contribution in [0.2, 0.25) is 0 Å². The summed E-state index contributed by atoms with van der Waals surface area (Å²) in [7, 11) is 1.66. The van der Waals surface area contributed by atoms with Gasteiger partial charge in [-0.15, -0.1) is 0 Å². The van der Waals surface area contributed by atoms with Gasteiger partial charge in [0.15, 0.2) is 0 Å². The van der Waals surface area contributed by atoms with Gasteiger partial charge < -0.3 is 14.6 Å². The lowest BCUT2D eigenvalue weighted by atomic mass is 10.1. The molecule has 1 amide bonds. The van der Waals surface area contributed by atoms with Crippen LogP contribution >= 0.6 is 0 Å². The Hall–Kier alpha value is -3.67. The number of rotatable bonds is 6. The predicted octanol–water partition coefficient (Wildman–Crippen LogP) is 3.73. The molecule has 6 heteroatoms. The van der Waals surface area contributed by atoms with Crippen LogP contribution in [0.5, 0.6) is 5.75 Å². The molecule has 0 aliphatic heterocycles. The summed E-state index contributed by atoms with van der Waals surface area (Å²) in [5, 5.41) is 2.92. The molecule has 29 heavy (non-hydrogen) atoms. The number of fused-ring (bicyclic) bond motifs is 1. The second-order valence-corrected chi connectivity index (χ2v) is 6.80. The number of carbonyl (C=O) groups excluding carboxylic acids is 1. The van der Waals surface area contributed by atoms with Crippen molar-refractivity contribution in [3.8, 4) is 5.75 Å². The highest BCUT2D eigenvalue weighted by Crippen LogP contribution is 2.20. The number of hydrogen-bond acceptors (Lipinski definition) is 4. The summed E-state index contributed by atoms with van der Waals surface area (Å²) in [4.78, 5) is 21.5. The molecule has 0 saturated carbocycles. The Morgan fingerprint density at radius 2 is 1.93 bits per heavy atom. The highest BCUT2D eigenvalue weighted by atomic mass is 16.5. The van der Waals surface area contributed by atoms with Crippen LogP contribution in [0.3, 0.4) is 0 Å². The van der Waals surface area contributed by atoms with Crippen LogP contribution < -0.4 is 10.1 Å². The maximum absolute atomic E-state index is 12.6. The zero-order valence-corrected chi connectivity index (χ0v) is 16.4. The number of methoxy groups -OCH3 is 1. The Morgan fingerprint density at radius 1 is 1.10 bits per heavy atom. The van der Waals surface area contributed by atoms with E-state index in [1.54, 1.807) is 19.4 Å². The van der Waals surface area contributed by atoms with Gasteiger partial charge in [0, 0.05) is 18.3 Å². The van der Waals surface area contributed by atoms with Gasteiger partial charge in [-0.25, -0.2) is 4.98 Å². The van der Waals surface area contributed by atoms with Gasteiger partial charge in [0.2, 0.25) is 0 Å². The van der Waals surface area contributed by atoms with Crippen molar-refractivity contribution < 1.29 is 9.53 Å². The first kappa shape index (κ1) is 18.7. The standard InChI is InChI=1S/C23H22N4O2/c1-16-26-21-11-8-18(23(28)25-14-19-5-3-4-12-24-19)13-22(21)27(16)15-17-6-9-20(29-2)10-7-17/h3-13H,14-15H2,1-2H3,(H,25,28). The van der Waals surface area contributed by atoms with Gasteiger partial charge in [0.05, 0.1) is 30.4 Å². The summed E-state index contributed by atoms with van der Waals surface area (Å²) < 4.78 is 7.35. The van der Waals surface area contributed by atoms with Crippen LogP contribution in [0.1, 0.15) is 27.4 Å². The molecule has 6 nitrogen and oxygen atoms in total. The molecule has 0 aliphatic rings. The molecule has 2 aromatic heterocycles. The number of nitrogens with one attached hydrogen (secondary N) is 1. The zero-order valence-electron chi connectivity index (χ0n) is 16.4. The Labute approximate surface area is 169 Å². The fourth-order valence-corrected chi connectivity index (χ4v) is 3.27. The van der Waals surface area contributed by atoms with Gasteiger partial charge in [-0.1, -0.05) is 18.2 Å². The molecular weight excluding hydrogens is 364 g/mol. The van der Waals surface area contributed by atoms with Gasteiger partial charge in [0.1, 0.15) is 11.6 Å². The number of carbonyl (C=O) groups is 1. The minimum absolute atomic E-state index is 0.132. The topological polar surface area (TPSA) is 69.0 Å². The van der Waals surface area contributed by atoms with E-state index in [4.69, 9.17) is 4.74 Å². The number of ether oxygens (including phenoxy) is 1. The van der Waals surface area contributed by atoms with E-state index in [9.17, 15) is 4.79 Å². The lowest BCUT2D eigenvalue weighted by molar-refractivity contribution is 0.0950. The summed E-state index contributed by atoms with van der Waals surface area (Å²) in [6.07, 6.45) is 1.72. The summed E-state index contributed by atoms with van der Waals surface area (Å²) in [5.41, 5.74) is 4.37. The summed E-state index contributed by atoms with van der Waals surface area (Å²) in [6.45, 7) is 3.04. The molecule has 0 bridgehead atoms. The summed E-state index contributed by atoms with van der Waals surface area (Å²) >= 11 is 0. The van der Waals surface area contributed by atoms with E-state index in [0.29, 0.717) is 18.7 Å². The highest BCUT2D eigenvalue weighted by molar-refractivity contribution is 5.97. The third-order valence-electron chi connectivity index (χ3n) is 4.86. The van der Waals surface area contributed by atoms with Crippen molar-refractivity contribution in [3.05, 3.63) is 89.5 Å². The van der Waals surface area contributed by atoms with Crippen LogP contribution in [-0.2, 0) is 13.1 Å². The Kier molecular flexibility index (Phi) is 5.24. The molecule has 2 heterocycles. The van der Waals surface area contributed by atoms with Gasteiger partial charge in [-0.2, -0.15) is 0 Å². The molecule has 2 aromatic carbocycles. The van der Waals surface area contributed by atoms with Crippen LogP contribution in [0, 0.1) is 6.92 Å². The van der Waals surface area contributed by atoms with Gasteiger partial charge in [0.25, 0.3) is 5.91 Å². The number of amides is 1. The molecule has 0 radical (unpaired) electrons. The van der Waals surface area contributed by atoms with Crippen LogP contribution in [-0.4, -0.2) is 27.6 Å². The van der Waals surface area contributed by atoms with Crippen molar-refractivity contribution in [2.24, 2.45) is 0 Å². The van der Waals surface area contributed by atoms with Gasteiger partial charge in [-0.05, 0) is 55.0 Å². The molecule has 0 unspecified atom stereocenters. The number of pyridine rings is 1. The molecule has 0 atom stereocenters. The molecule has 0 spiro atoms. The Morgan fingerprint density at radius 3 is 2.66 bits per heavy atom. The van der Waals surface area contributed by atoms with Crippen molar-refractivity contribution >= 4 is 16.9 Å². The van der Waals surface area contributed by atoms with Crippen molar-refractivity contribution in [3.63, 3.8) is 0 Å². The molecule has 4 aromatic rings. The van der Waals surface area contributed by atoms with E-state index in [0.717, 1.165) is 33.9 Å². The first-order valence-electron chi connectivity index (χ1n) is 9.42. The number of aromatic nitrogens is 3. The van der Waals surface area contributed by atoms with Crippen LogP contribution in [0.4, 0.5) is 0 Å². The SMILES string of the molecule is COc1ccc(Cn2c(C)nc3ccc(C(=O)NCc4ccccn4)cc32)cc1. The van der Waals surface area contributed by atoms with E-state index >= 15 is 0 Å². The number of nitrogens with zero attached hydrogens (tertiary/aromatic N) is 3. The minimum atomic E-state index is -0.132. The largest absolute Gasteiger partial charge is 0.497 e. The quantitative estimate of drug-likeness (QED) is 0.548. The number of benzene rings is 2. The van der Waals surface area contributed by atoms with Crippen LogP contribution in [0.25, 0.3) is 11.0 Å². The molecule has 0 fully saturated rings. The highest BCUT2D eigenvalue weighted by Gasteiger charge is 2.12. The minimum Gasteiger partial charge on any atom is -0.497 e. The summed E-state index contributed by atoms with van der Waals surface area (Å²) in [5.74, 6) is 1.60. The van der Waals surface area contributed by atoms with Crippen molar-refractivity contribution in [1.82, 2.24) is 19.9 Å². The molecule has 0 saturated heterocycles. The van der Waals surface area contributed by atoms with E-state index in [1.807, 2.05) is 61.5 Å². The fourth-order valence-electron chi connectivity index (χ4n) is 3.27. The Bertz CT molecular complexity index is 1130. The van der Waals surface area contributed by atoms with Crippen molar-refractivity contribution in [2.45, 2.75) is 20.0 Å². The Balaban J connectivity index is 1.57. The van der Waals surface area contributed by atoms with Gasteiger partial charge in [-0.3, -0.25) is 9.78 Å². The van der Waals surface area contributed by atoms with Crippen molar-refractivity contribution in [2.75, 3.05) is 7.11 Å². The van der Waals surface area contributed by atoms with Crippen LogP contribution in [0.15, 0.2) is 66.9 Å². The average Bonchev–Trinajstić information content (AvgIpc) is 3.07. The lowest BCUT2D eigenvalue weighted by Gasteiger charge is -2.09. The zero-order chi connectivity index (χ0) is 20.2. The second kappa shape index (κ2) is 8.14. The molecule has 1 N–H and O–H groups in total. The van der Waals surface area contributed by atoms with E-state index in [-0.39, 0.29) is 5.91 Å².